The molecular weight excluding hydrogens is 244 g/mol. The van der Waals surface area contributed by atoms with Crippen molar-refractivity contribution in [2.45, 2.75) is 0 Å². The van der Waals surface area contributed by atoms with Crippen molar-refractivity contribution in [1.82, 2.24) is 9.97 Å². The monoisotopic (exact) mass is 251 g/mol. The first-order valence-corrected chi connectivity index (χ1v) is 4.82. The van der Waals surface area contributed by atoms with Gasteiger partial charge in [0.05, 0.1) is 0 Å². The molecule has 0 spiro atoms. The van der Waals surface area contributed by atoms with Crippen molar-refractivity contribution in [3.63, 3.8) is 0 Å². The van der Waals surface area contributed by atoms with Gasteiger partial charge >= 0.3 is 0 Å². The van der Waals surface area contributed by atoms with Crippen molar-refractivity contribution in [2.24, 2.45) is 0 Å². The van der Waals surface area contributed by atoms with Crippen molar-refractivity contribution in [3.8, 4) is 5.75 Å². The Labute approximate surface area is 100 Å². The van der Waals surface area contributed by atoms with E-state index in [1.807, 2.05) is 0 Å². The van der Waals surface area contributed by atoms with Crippen LogP contribution in [0.15, 0.2) is 24.5 Å². The molecule has 0 aliphatic rings. The van der Waals surface area contributed by atoms with Crippen LogP contribution in [0.4, 0.5) is 20.3 Å². The van der Waals surface area contributed by atoms with Gasteiger partial charge in [-0.25, -0.2) is 18.7 Å². The molecule has 7 heteroatoms. The predicted octanol–water partition coefficient (Wildman–Crippen LogP) is 2.02. The zero-order chi connectivity index (χ0) is 13.1. The summed E-state index contributed by atoms with van der Waals surface area (Å²) in [6, 6.07) is 3.12. The van der Waals surface area contributed by atoms with Crippen LogP contribution < -0.4 is 5.32 Å². The van der Waals surface area contributed by atoms with E-state index in [1.165, 1.54) is 6.07 Å². The van der Waals surface area contributed by atoms with E-state index >= 15 is 0 Å². The quantitative estimate of drug-likeness (QED) is 0.644. The zero-order valence-corrected chi connectivity index (χ0v) is 8.89. The van der Waals surface area contributed by atoms with Crippen molar-refractivity contribution in [3.05, 3.63) is 41.9 Å². The van der Waals surface area contributed by atoms with E-state index in [1.54, 1.807) is 0 Å². The highest BCUT2D eigenvalue weighted by Gasteiger charge is 2.10. The van der Waals surface area contributed by atoms with Crippen LogP contribution in [-0.4, -0.2) is 21.4 Å². The Bertz CT molecular complexity index is 582. The Kier molecular flexibility index (Phi) is 3.13. The number of aromatic nitrogens is 2. The molecule has 0 bridgehead atoms. The van der Waals surface area contributed by atoms with Gasteiger partial charge in [0.2, 0.25) is 0 Å². The van der Waals surface area contributed by atoms with E-state index in [4.69, 9.17) is 5.11 Å². The lowest BCUT2D eigenvalue weighted by Gasteiger charge is -2.06. The topological polar surface area (TPSA) is 75.1 Å². The van der Waals surface area contributed by atoms with Gasteiger partial charge in [-0.3, -0.25) is 4.79 Å². The number of aldehydes is 1. The van der Waals surface area contributed by atoms with Gasteiger partial charge in [-0.2, -0.15) is 0 Å². The molecule has 2 aromatic rings. The summed E-state index contributed by atoms with van der Waals surface area (Å²) in [6.45, 7) is 0. The minimum Gasteiger partial charge on any atom is -0.503 e. The standard InChI is InChI=1S/C11H7F2N3O2/c12-8-1-6(2-9(13)11(8)18)16-10-3-7(4-17)14-5-15-10/h1-5,18H,(H,14,15,16). The van der Waals surface area contributed by atoms with Gasteiger partial charge in [-0.15, -0.1) is 0 Å². The fourth-order valence-electron chi connectivity index (χ4n) is 1.29. The van der Waals surface area contributed by atoms with Crippen molar-refractivity contribution in [2.75, 3.05) is 5.32 Å². The zero-order valence-electron chi connectivity index (χ0n) is 8.89. The van der Waals surface area contributed by atoms with Crippen LogP contribution in [0.2, 0.25) is 0 Å². The van der Waals surface area contributed by atoms with Crippen LogP contribution in [0.5, 0.6) is 5.75 Å². The first-order chi connectivity index (χ1) is 8.60. The van der Waals surface area contributed by atoms with Gasteiger partial charge in [-0.05, 0) is 0 Å². The molecule has 0 aliphatic heterocycles. The molecule has 0 radical (unpaired) electrons. The molecular formula is C11H7F2N3O2. The molecule has 18 heavy (non-hydrogen) atoms. The van der Waals surface area contributed by atoms with E-state index in [-0.39, 0.29) is 17.2 Å². The highest BCUT2D eigenvalue weighted by molar-refractivity contribution is 5.73. The van der Waals surface area contributed by atoms with Crippen LogP contribution in [-0.2, 0) is 0 Å². The van der Waals surface area contributed by atoms with Crippen molar-refractivity contribution >= 4 is 17.8 Å². The molecule has 0 saturated heterocycles. The number of nitrogens with zero attached hydrogens (tertiary/aromatic N) is 2. The lowest BCUT2D eigenvalue weighted by molar-refractivity contribution is 0.111. The number of hydrogen-bond donors (Lipinski definition) is 2. The highest BCUT2D eigenvalue weighted by Crippen LogP contribution is 2.25. The Hall–Kier alpha value is -2.57. The molecule has 0 saturated carbocycles. The highest BCUT2D eigenvalue weighted by atomic mass is 19.1. The van der Waals surface area contributed by atoms with Gasteiger partial charge in [0.25, 0.3) is 0 Å². The predicted molar refractivity (Wildman–Crippen MR) is 58.7 cm³/mol. The van der Waals surface area contributed by atoms with Crippen LogP contribution in [0.25, 0.3) is 0 Å². The second-order valence-corrected chi connectivity index (χ2v) is 3.36. The van der Waals surface area contributed by atoms with Crippen LogP contribution in [0.3, 0.4) is 0 Å². The Morgan fingerprint density at radius 1 is 1.17 bits per heavy atom. The Morgan fingerprint density at radius 2 is 1.83 bits per heavy atom. The summed E-state index contributed by atoms with van der Waals surface area (Å²) >= 11 is 0. The maximum Gasteiger partial charge on any atom is 0.187 e. The van der Waals surface area contributed by atoms with Gasteiger partial charge < -0.3 is 10.4 Å². The molecule has 0 amide bonds. The number of nitrogens with one attached hydrogen (secondary N) is 1. The minimum absolute atomic E-state index is 0.0540. The molecule has 0 aliphatic carbocycles. The summed E-state index contributed by atoms with van der Waals surface area (Å²) in [5, 5.41) is 11.5. The van der Waals surface area contributed by atoms with Crippen LogP contribution in [0, 0.1) is 11.6 Å². The van der Waals surface area contributed by atoms with Crippen molar-refractivity contribution < 1.29 is 18.7 Å². The number of benzene rings is 1. The summed E-state index contributed by atoms with van der Waals surface area (Å²) < 4.78 is 26.1. The summed E-state index contributed by atoms with van der Waals surface area (Å²) in [4.78, 5) is 17.9. The largest absolute Gasteiger partial charge is 0.503 e. The molecule has 1 heterocycles. The Balaban J connectivity index is 2.31. The number of carbonyl (C=O) groups is 1. The third-order valence-corrected chi connectivity index (χ3v) is 2.10. The molecule has 5 nitrogen and oxygen atoms in total. The van der Waals surface area contributed by atoms with Gasteiger partial charge in [0, 0.05) is 23.9 Å². The fraction of sp³-hybridized carbons (Fsp3) is 0. The lowest BCUT2D eigenvalue weighted by Crippen LogP contribution is -1.98. The third kappa shape index (κ3) is 2.40. The first kappa shape index (κ1) is 11.9. The number of phenols is 1. The smallest absolute Gasteiger partial charge is 0.187 e. The molecule has 0 unspecified atom stereocenters. The Morgan fingerprint density at radius 3 is 2.44 bits per heavy atom. The maximum absolute atomic E-state index is 13.1. The number of phenolic OH excluding ortho intramolecular Hbond substituents is 1. The van der Waals surface area contributed by atoms with E-state index in [0.29, 0.717) is 6.29 Å². The second-order valence-electron chi connectivity index (χ2n) is 3.36. The average Bonchev–Trinajstić information content (AvgIpc) is 2.36. The molecule has 0 fully saturated rings. The number of hydrogen-bond acceptors (Lipinski definition) is 5. The minimum atomic E-state index is -1.10. The van der Waals surface area contributed by atoms with E-state index in [9.17, 15) is 13.6 Å². The number of halogens is 2. The summed E-state index contributed by atoms with van der Waals surface area (Å²) in [5.74, 6) is -3.03. The van der Waals surface area contributed by atoms with Crippen LogP contribution in [0.1, 0.15) is 10.5 Å². The number of rotatable bonds is 3. The summed E-state index contributed by atoms with van der Waals surface area (Å²) in [6.07, 6.45) is 1.66. The van der Waals surface area contributed by atoms with Gasteiger partial charge in [-0.1, -0.05) is 0 Å². The molecule has 92 valence electrons. The van der Waals surface area contributed by atoms with E-state index in [2.05, 4.69) is 15.3 Å². The van der Waals surface area contributed by atoms with Crippen molar-refractivity contribution in [1.29, 1.82) is 0 Å². The number of aromatic hydroxyl groups is 1. The number of carbonyl (C=O) groups excluding carboxylic acids is 1. The summed E-state index contributed by atoms with van der Waals surface area (Å²) in [5.41, 5.74) is 0.186. The average molecular weight is 251 g/mol. The maximum atomic E-state index is 13.1. The first-order valence-electron chi connectivity index (χ1n) is 4.82. The van der Waals surface area contributed by atoms with E-state index < -0.39 is 17.4 Å². The normalized spacial score (nSPS) is 10.1. The summed E-state index contributed by atoms with van der Waals surface area (Å²) in [7, 11) is 0. The van der Waals surface area contributed by atoms with Crippen LogP contribution >= 0.6 is 0 Å². The molecule has 2 N–H and O–H groups in total. The SMILES string of the molecule is O=Cc1cc(Nc2cc(F)c(O)c(F)c2)ncn1. The number of anilines is 2. The van der Waals surface area contributed by atoms with Gasteiger partial charge in [0.1, 0.15) is 17.8 Å². The molecule has 0 atom stereocenters. The van der Waals surface area contributed by atoms with Gasteiger partial charge in [0.15, 0.2) is 23.7 Å². The lowest BCUT2D eigenvalue weighted by atomic mass is 10.2. The van der Waals surface area contributed by atoms with E-state index in [0.717, 1.165) is 18.5 Å². The second kappa shape index (κ2) is 4.74. The molecule has 1 aromatic carbocycles. The molecule has 1 aromatic heterocycles. The third-order valence-electron chi connectivity index (χ3n) is 2.10. The fourth-order valence-corrected chi connectivity index (χ4v) is 1.29. The molecule has 2 rings (SSSR count).